The normalized spacial score (nSPS) is 20.8. The van der Waals surface area contributed by atoms with Crippen molar-refractivity contribution in [2.75, 3.05) is 13.2 Å². The lowest BCUT2D eigenvalue weighted by atomic mass is 9.97. The molecule has 4 atom stereocenters. The van der Waals surface area contributed by atoms with E-state index in [9.17, 15) is 24.3 Å². The molecule has 10 nitrogen and oxygen atoms in total. The molecule has 0 aromatic heterocycles. The third kappa shape index (κ3) is 9.90. The van der Waals surface area contributed by atoms with E-state index in [2.05, 4.69) is 16.0 Å². The van der Waals surface area contributed by atoms with Gasteiger partial charge in [-0.25, -0.2) is 9.59 Å². The van der Waals surface area contributed by atoms with E-state index < -0.39 is 36.1 Å². The Labute approximate surface area is 227 Å². The smallest absolute Gasteiger partial charge is 0.408 e. The fraction of sp³-hybridized carbons (Fsp3) is 0.379. The fourth-order valence-electron chi connectivity index (χ4n) is 3.96. The van der Waals surface area contributed by atoms with Crippen molar-refractivity contribution < 1.29 is 33.8 Å². The van der Waals surface area contributed by atoms with Crippen LogP contribution in [0.3, 0.4) is 0 Å². The summed E-state index contributed by atoms with van der Waals surface area (Å²) in [6.07, 6.45) is 2.85. The van der Waals surface area contributed by atoms with Gasteiger partial charge in [-0.3, -0.25) is 9.59 Å². The quantitative estimate of drug-likeness (QED) is 0.299. The van der Waals surface area contributed by atoms with Crippen LogP contribution in [-0.2, 0) is 30.5 Å². The van der Waals surface area contributed by atoms with Crippen LogP contribution in [0.15, 0.2) is 72.8 Å². The van der Waals surface area contributed by atoms with Gasteiger partial charge < -0.3 is 30.5 Å². The molecule has 3 rings (SSSR count). The predicted molar refractivity (Wildman–Crippen MR) is 143 cm³/mol. The number of hydrogen-bond acceptors (Lipinski definition) is 7. The van der Waals surface area contributed by atoms with Crippen LogP contribution >= 0.6 is 0 Å². The first-order valence-corrected chi connectivity index (χ1v) is 12.9. The largest absolute Gasteiger partial charge is 0.462 e. The first kappa shape index (κ1) is 29.4. The van der Waals surface area contributed by atoms with Crippen LogP contribution in [0.4, 0.5) is 4.79 Å². The number of aliphatic hydroxyl groups excluding tert-OH is 1. The van der Waals surface area contributed by atoms with Crippen LogP contribution in [-0.4, -0.2) is 54.3 Å². The number of esters is 1. The van der Waals surface area contributed by atoms with Crippen LogP contribution in [0.5, 0.6) is 0 Å². The number of alkyl carbamates (subject to hydrolysis) is 1. The monoisotopic (exact) mass is 537 g/mol. The lowest BCUT2D eigenvalue weighted by Gasteiger charge is -2.25. The van der Waals surface area contributed by atoms with Gasteiger partial charge in [-0.2, -0.15) is 0 Å². The van der Waals surface area contributed by atoms with Crippen LogP contribution in [0.1, 0.15) is 43.4 Å². The van der Waals surface area contributed by atoms with Crippen LogP contribution in [0.2, 0.25) is 0 Å². The Morgan fingerprint density at radius 2 is 1.72 bits per heavy atom. The summed E-state index contributed by atoms with van der Waals surface area (Å²) in [5.41, 5.74) is 1.52. The summed E-state index contributed by atoms with van der Waals surface area (Å²) in [7, 11) is 0. The van der Waals surface area contributed by atoms with E-state index in [4.69, 9.17) is 9.47 Å². The molecule has 1 aliphatic heterocycles. The zero-order chi connectivity index (χ0) is 28.0. The molecule has 0 radical (unpaired) electrons. The maximum atomic E-state index is 13.2. The lowest BCUT2D eigenvalue weighted by molar-refractivity contribution is -0.147. The maximum Gasteiger partial charge on any atom is 0.408 e. The molecular weight excluding hydrogens is 502 g/mol. The molecule has 4 N–H and O–H groups in total. The van der Waals surface area contributed by atoms with Gasteiger partial charge in [0, 0.05) is 12.5 Å². The SMILES string of the molecule is CC(CO)NC(=O)CC1CC=CCC(NC(=O)OCc2ccccc2)C(=O)OCC(c2ccccc2)NC1=O. The number of nitrogens with one attached hydrogen (secondary N) is 3. The highest BCUT2D eigenvalue weighted by atomic mass is 16.6. The molecule has 1 heterocycles. The third-order valence-electron chi connectivity index (χ3n) is 6.14. The lowest BCUT2D eigenvalue weighted by Crippen LogP contribution is -2.44. The van der Waals surface area contributed by atoms with Gasteiger partial charge in [0.15, 0.2) is 0 Å². The van der Waals surface area contributed by atoms with Gasteiger partial charge in [0.1, 0.15) is 19.3 Å². The van der Waals surface area contributed by atoms with Crippen LogP contribution in [0, 0.1) is 5.92 Å². The van der Waals surface area contributed by atoms with Crippen molar-refractivity contribution >= 4 is 23.9 Å². The zero-order valence-corrected chi connectivity index (χ0v) is 21.9. The second-order valence-corrected chi connectivity index (χ2v) is 9.36. The Kier molecular flexibility index (Phi) is 11.5. The predicted octanol–water partition coefficient (Wildman–Crippen LogP) is 2.54. The molecule has 2 aromatic rings. The minimum absolute atomic E-state index is 0.0467. The third-order valence-corrected chi connectivity index (χ3v) is 6.14. The molecule has 0 aliphatic carbocycles. The first-order chi connectivity index (χ1) is 18.9. The Hall–Kier alpha value is -4.18. The number of carbonyl (C=O) groups excluding carboxylic acids is 4. The minimum atomic E-state index is -1.01. The Morgan fingerprint density at radius 3 is 2.41 bits per heavy atom. The number of ether oxygens (including phenoxy) is 2. The number of carbonyl (C=O) groups is 4. The summed E-state index contributed by atoms with van der Waals surface area (Å²) in [6.45, 7) is 1.32. The van der Waals surface area contributed by atoms with Gasteiger partial charge >= 0.3 is 12.1 Å². The molecule has 10 heteroatoms. The van der Waals surface area contributed by atoms with Crippen LogP contribution < -0.4 is 16.0 Å². The van der Waals surface area contributed by atoms with Gasteiger partial charge in [-0.1, -0.05) is 72.8 Å². The van der Waals surface area contributed by atoms with E-state index in [0.29, 0.717) is 0 Å². The van der Waals surface area contributed by atoms with Gasteiger partial charge in [-0.05, 0) is 30.9 Å². The number of hydrogen-bond donors (Lipinski definition) is 4. The van der Waals surface area contributed by atoms with Crippen LogP contribution in [0.25, 0.3) is 0 Å². The molecule has 0 saturated carbocycles. The number of benzene rings is 2. The topological polar surface area (TPSA) is 143 Å². The second kappa shape index (κ2) is 15.3. The minimum Gasteiger partial charge on any atom is -0.462 e. The molecule has 0 spiro atoms. The average Bonchev–Trinajstić information content (AvgIpc) is 2.95. The highest BCUT2D eigenvalue weighted by Gasteiger charge is 2.28. The highest BCUT2D eigenvalue weighted by Crippen LogP contribution is 2.19. The number of rotatable bonds is 8. The van der Waals surface area contributed by atoms with E-state index in [1.54, 1.807) is 43.3 Å². The van der Waals surface area contributed by atoms with Crippen molar-refractivity contribution in [3.8, 4) is 0 Å². The average molecular weight is 538 g/mol. The standard InChI is InChI=1S/C29H35N3O7/c1-20(17-33)30-26(34)16-23-14-8-9-15-24(32-29(37)39-18-21-10-4-2-5-11-21)28(36)38-19-25(31-27(23)35)22-12-6-3-7-13-22/h2-13,20,23-25,33H,14-19H2,1H3,(H,30,34)(H,31,35)(H,32,37). The molecule has 1 aliphatic rings. The van der Waals surface area contributed by atoms with Crippen molar-refractivity contribution in [2.45, 2.75) is 50.9 Å². The highest BCUT2D eigenvalue weighted by molar-refractivity contribution is 5.86. The van der Waals surface area contributed by atoms with Crippen molar-refractivity contribution in [1.82, 2.24) is 16.0 Å². The van der Waals surface area contributed by atoms with E-state index in [-0.39, 0.29) is 50.9 Å². The first-order valence-electron chi connectivity index (χ1n) is 12.9. The van der Waals surface area contributed by atoms with E-state index in [1.165, 1.54) is 0 Å². The molecular formula is C29H35N3O7. The van der Waals surface area contributed by atoms with Crippen molar-refractivity contribution in [1.29, 1.82) is 0 Å². The maximum absolute atomic E-state index is 13.2. The summed E-state index contributed by atoms with van der Waals surface area (Å²) in [4.78, 5) is 51.0. The van der Waals surface area contributed by atoms with Gasteiger partial charge in [0.05, 0.1) is 18.6 Å². The Balaban J connectivity index is 1.74. The zero-order valence-electron chi connectivity index (χ0n) is 21.9. The number of cyclic esters (lactones) is 1. The van der Waals surface area contributed by atoms with E-state index in [1.807, 2.05) is 36.4 Å². The van der Waals surface area contributed by atoms with Crippen molar-refractivity contribution in [3.63, 3.8) is 0 Å². The summed E-state index contributed by atoms with van der Waals surface area (Å²) in [5, 5.41) is 17.3. The van der Waals surface area contributed by atoms with Gasteiger partial charge in [-0.15, -0.1) is 0 Å². The Morgan fingerprint density at radius 1 is 1.05 bits per heavy atom. The molecule has 0 bridgehead atoms. The van der Waals surface area contributed by atoms with Crippen molar-refractivity contribution in [2.24, 2.45) is 5.92 Å². The molecule has 208 valence electrons. The molecule has 3 amide bonds. The number of allylic oxidation sites excluding steroid dienone is 1. The van der Waals surface area contributed by atoms with Crippen molar-refractivity contribution in [3.05, 3.63) is 83.9 Å². The molecule has 2 aromatic carbocycles. The van der Waals surface area contributed by atoms with E-state index in [0.717, 1.165) is 11.1 Å². The summed E-state index contributed by atoms with van der Waals surface area (Å²) in [6, 6.07) is 16.1. The molecule has 4 unspecified atom stereocenters. The van der Waals surface area contributed by atoms with Gasteiger partial charge in [0.25, 0.3) is 0 Å². The molecule has 0 saturated heterocycles. The van der Waals surface area contributed by atoms with E-state index >= 15 is 0 Å². The van der Waals surface area contributed by atoms with Gasteiger partial charge in [0.2, 0.25) is 11.8 Å². The molecule has 0 fully saturated rings. The second-order valence-electron chi connectivity index (χ2n) is 9.36. The fourth-order valence-corrected chi connectivity index (χ4v) is 3.96. The summed E-state index contributed by atoms with van der Waals surface area (Å²) in [5.74, 6) is -2.09. The summed E-state index contributed by atoms with van der Waals surface area (Å²) < 4.78 is 10.8. The Bertz CT molecular complexity index is 1120. The number of aliphatic hydroxyl groups is 1. The number of amides is 3. The summed E-state index contributed by atoms with van der Waals surface area (Å²) >= 11 is 0. The molecule has 39 heavy (non-hydrogen) atoms.